The van der Waals surface area contributed by atoms with Crippen LogP contribution in [0.5, 0.6) is 0 Å². The molecule has 1 amide bonds. The van der Waals surface area contributed by atoms with Crippen LogP contribution >= 0.6 is 11.8 Å². The van der Waals surface area contributed by atoms with Gasteiger partial charge in [0, 0.05) is 24.0 Å². The summed E-state index contributed by atoms with van der Waals surface area (Å²) in [4.78, 5) is 15.7. The van der Waals surface area contributed by atoms with E-state index < -0.39 is 10.0 Å². The van der Waals surface area contributed by atoms with E-state index in [2.05, 4.69) is 0 Å². The highest BCUT2D eigenvalue weighted by atomic mass is 32.2. The van der Waals surface area contributed by atoms with Gasteiger partial charge in [0.15, 0.2) is 0 Å². The van der Waals surface area contributed by atoms with E-state index in [4.69, 9.17) is 4.74 Å². The van der Waals surface area contributed by atoms with Crippen LogP contribution in [0.15, 0.2) is 52.3 Å². The lowest BCUT2D eigenvalue weighted by Crippen LogP contribution is -2.41. The zero-order valence-electron chi connectivity index (χ0n) is 16.5. The maximum Gasteiger partial charge on any atom is 0.264 e. The van der Waals surface area contributed by atoms with Gasteiger partial charge >= 0.3 is 0 Å². The van der Waals surface area contributed by atoms with Crippen molar-refractivity contribution >= 4 is 33.4 Å². The SMILES string of the molecule is CSc1ccc(S(=O)(=O)N2c3ccccc3C[C@H]2C)cc1C(=O)N1CCOCC1. The number of anilines is 1. The van der Waals surface area contributed by atoms with E-state index >= 15 is 0 Å². The number of para-hydroxylation sites is 1. The minimum Gasteiger partial charge on any atom is -0.378 e. The Morgan fingerprint density at radius 3 is 2.59 bits per heavy atom. The van der Waals surface area contributed by atoms with Gasteiger partial charge in [-0.25, -0.2) is 8.42 Å². The molecule has 2 heterocycles. The lowest BCUT2D eigenvalue weighted by atomic mass is 10.1. The molecule has 2 aliphatic rings. The number of amides is 1. The Labute approximate surface area is 175 Å². The Balaban J connectivity index is 1.74. The molecule has 154 valence electrons. The molecule has 4 rings (SSSR count). The lowest BCUT2D eigenvalue weighted by Gasteiger charge is -2.28. The Kier molecular flexibility index (Phi) is 5.59. The first-order valence-electron chi connectivity index (χ1n) is 9.61. The number of morpholine rings is 1. The number of hydrogen-bond donors (Lipinski definition) is 0. The van der Waals surface area contributed by atoms with Crippen molar-refractivity contribution in [3.8, 4) is 0 Å². The second-order valence-electron chi connectivity index (χ2n) is 7.25. The maximum atomic E-state index is 13.5. The molecule has 0 saturated carbocycles. The predicted molar refractivity (Wildman–Crippen MR) is 114 cm³/mol. The van der Waals surface area contributed by atoms with Crippen molar-refractivity contribution < 1.29 is 17.9 Å². The number of ether oxygens (including phenoxy) is 1. The van der Waals surface area contributed by atoms with Crippen LogP contribution in [0.25, 0.3) is 0 Å². The van der Waals surface area contributed by atoms with Gasteiger partial charge in [-0.05, 0) is 49.4 Å². The highest BCUT2D eigenvalue weighted by Gasteiger charge is 2.36. The molecule has 2 aliphatic heterocycles. The normalized spacial score (nSPS) is 19.3. The van der Waals surface area contributed by atoms with Gasteiger partial charge in [0.25, 0.3) is 15.9 Å². The fourth-order valence-corrected chi connectivity index (χ4v) is 6.26. The summed E-state index contributed by atoms with van der Waals surface area (Å²) in [5, 5.41) is 0. The van der Waals surface area contributed by atoms with Crippen LogP contribution in [-0.4, -0.2) is 57.8 Å². The number of carbonyl (C=O) groups is 1. The Morgan fingerprint density at radius 2 is 1.86 bits per heavy atom. The van der Waals surface area contributed by atoms with Crippen LogP contribution in [0.2, 0.25) is 0 Å². The number of rotatable bonds is 4. The monoisotopic (exact) mass is 432 g/mol. The molecule has 29 heavy (non-hydrogen) atoms. The van der Waals surface area contributed by atoms with Crippen LogP contribution in [0.3, 0.4) is 0 Å². The van der Waals surface area contributed by atoms with E-state index in [-0.39, 0.29) is 16.8 Å². The highest BCUT2D eigenvalue weighted by molar-refractivity contribution is 7.98. The van der Waals surface area contributed by atoms with Crippen LogP contribution in [-0.2, 0) is 21.2 Å². The third-order valence-corrected chi connectivity index (χ3v) is 8.12. The molecule has 8 heteroatoms. The Morgan fingerprint density at radius 1 is 1.14 bits per heavy atom. The Bertz CT molecular complexity index is 1030. The molecule has 0 unspecified atom stereocenters. The second-order valence-corrected chi connectivity index (χ2v) is 9.91. The quantitative estimate of drug-likeness (QED) is 0.695. The molecule has 2 aromatic carbocycles. The summed E-state index contributed by atoms with van der Waals surface area (Å²) in [5.41, 5.74) is 2.17. The van der Waals surface area contributed by atoms with E-state index in [1.54, 1.807) is 17.0 Å². The number of nitrogens with zero attached hydrogens (tertiary/aromatic N) is 2. The molecule has 1 atom stereocenters. The van der Waals surface area contributed by atoms with Crippen LogP contribution in [0, 0.1) is 0 Å². The van der Waals surface area contributed by atoms with E-state index in [1.807, 2.05) is 37.4 Å². The molecule has 0 radical (unpaired) electrons. The van der Waals surface area contributed by atoms with Gasteiger partial charge in [0.05, 0.1) is 29.4 Å². The highest BCUT2D eigenvalue weighted by Crippen LogP contribution is 2.37. The van der Waals surface area contributed by atoms with E-state index in [1.165, 1.54) is 22.1 Å². The average molecular weight is 433 g/mol. The van der Waals surface area contributed by atoms with Gasteiger partial charge in [-0.15, -0.1) is 11.8 Å². The first-order chi connectivity index (χ1) is 13.9. The molecule has 1 saturated heterocycles. The zero-order chi connectivity index (χ0) is 20.6. The predicted octanol–water partition coefficient (Wildman–Crippen LogP) is 3.02. The van der Waals surface area contributed by atoms with Crippen molar-refractivity contribution in [3.05, 3.63) is 53.6 Å². The zero-order valence-corrected chi connectivity index (χ0v) is 18.1. The summed E-state index contributed by atoms with van der Waals surface area (Å²) in [7, 11) is -3.78. The molecular formula is C21H24N2O4S2. The summed E-state index contributed by atoms with van der Waals surface area (Å²) in [6.07, 6.45) is 2.57. The molecule has 6 nitrogen and oxygen atoms in total. The summed E-state index contributed by atoms with van der Waals surface area (Å²) in [6, 6.07) is 12.3. The molecule has 0 bridgehead atoms. The average Bonchev–Trinajstić information content (AvgIpc) is 3.09. The largest absolute Gasteiger partial charge is 0.378 e. The molecule has 0 N–H and O–H groups in total. The standard InChI is InChI=1S/C21H24N2O4S2/c1-15-13-16-5-3-4-6-19(16)23(15)29(25,26)17-7-8-20(28-2)18(14-17)21(24)22-9-11-27-12-10-22/h3-8,14-15H,9-13H2,1-2H3/t15-/m1/s1. The minimum absolute atomic E-state index is 0.149. The topological polar surface area (TPSA) is 66.9 Å². The van der Waals surface area contributed by atoms with Crippen LogP contribution < -0.4 is 4.31 Å². The fourth-order valence-electron chi connectivity index (χ4n) is 3.97. The van der Waals surface area contributed by atoms with Crippen molar-refractivity contribution in [2.75, 3.05) is 36.9 Å². The third-order valence-electron chi connectivity index (χ3n) is 5.40. The van der Waals surface area contributed by atoms with E-state index in [0.29, 0.717) is 38.3 Å². The smallest absolute Gasteiger partial charge is 0.264 e. The van der Waals surface area contributed by atoms with Gasteiger partial charge in [-0.2, -0.15) is 0 Å². The number of hydrogen-bond acceptors (Lipinski definition) is 5. The summed E-state index contributed by atoms with van der Waals surface area (Å²) in [6.45, 7) is 3.94. The second kappa shape index (κ2) is 8.01. The van der Waals surface area contributed by atoms with Crippen LogP contribution in [0.1, 0.15) is 22.8 Å². The van der Waals surface area contributed by atoms with Gasteiger partial charge in [-0.1, -0.05) is 18.2 Å². The molecule has 0 aliphatic carbocycles. The fraction of sp³-hybridized carbons (Fsp3) is 0.381. The van der Waals surface area contributed by atoms with Crippen molar-refractivity contribution in [1.82, 2.24) is 4.90 Å². The molecule has 0 spiro atoms. The minimum atomic E-state index is -3.78. The van der Waals surface area contributed by atoms with Crippen molar-refractivity contribution in [2.24, 2.45) is 0 Å². The van der Waals surface area contributed by atoms with Crippen molar-refractivity contribution in [2.45, 2.75) is 29.2 Å². The number of benzene rings is 2. The van der Waals surface area contributed by atoms with Crippen LogP contribution in [0.4, 0.5) is 5.69 Å². The number of carbonyl (C=O) groups excluding carboxylic acids is 1. The number of fused-ring (bicyclic) bond motifs is 1. The summed E-state index contributed by atoms with van der Waals surface area (Å²) >= 11 is 1.44. The summed E-state index contributed by atoms with van der Waals surface area (Å²) < 4.78 is 33.9. The number of sulfonamides is 1. The van der Waals surface area contributed by atoms with Crippen molar-refractivity contribution in [3.63, 3.8) is 0 Å². The van der Waals surface area contributed by atoms with E-state index in [9.17, 15) is 13.2 Å². The lowest BCUT2D eigenvalue weighted by molar-refractivity contribution is 0.0300. The molecule has 1 fully saturated rings. The van der Waals surface area contributed by atoms with Gasteiger partial charge in [-0.3, -0.25) is 9.10 Å². The molecule has 2 aromatic rings. The maximum absolute atomic E-state index is 13.5. The first kappa shape index (κ1) is 20.3. The van der Waals surface area contributed by atoms with Gasteiger partial charge in [0.1, 0.15) is 0 Å². The Hall–Kier alpha value is -2.03. The van der Waals surface area contributed by atoms with Gasteiger partial charge in [0.2, 0.25) is 0 Å². The summed E-state index contributed by atoms with van der Waals surface area (Å²) in [5.74, 6) is -0.149. The number of thioether (sulfide) groups is 1. The van der Waals surface area contributed by atoms with E-state index in [0.717, 1.165) is 16.1 Å². The third kappa shape index (κ3) is 3.65. The van der Waals surface area contributed by atoms with Crippen molar-refractivity contribution in [1.29, 1.82) is 0 Å². The van der Waals surface area contributed by atoms with Gasteiger partial charge < -0.3 is 9.64 Å². The molecule has 0 aromatic heterocycles. The first-order valence-corrected chi connectivity index (χ1v) is 12.3. The molecular weight excluding hydrogens is 408 g/mol.